The molecule has 84 valence electrons. The first kappa shape index (κ1) is 12.6. The van der Waals surface area contributed by atoms with Crippen LogP contribution in [-0.4, -0.2) is 15.5 Å². The van der Waals surface area contributed by atoms with Crippen LogP contribution < -0.4 is 4.74 Å². The van der Waals surface area contributed by atoms with Gasteiger partial charge in [-0.2, -0.15) is 0 Å². The molecule has 0 amide bonds. The van der Waals surface area contributed by atoms with Crippen LogP contribution in [0, 0.1) is 6.92 Å². The van der Waals surface area contributed by atoms with E-state index < -0.39 is 9.05 Å². The van der Waals surface area contributed by atoms with Gasteiger partial charge in [0.15, 0.2) is 0 Å². The van der Waals surface area contributed by atoms with Crippen LogP contribution in [0.1, 0.15) is 11.1 Å². The average Bonchev–Trinajstić information content (AvgIpc) is 2.11. The second-order valence-electron chi connectivity index (χ2n) is 3.06. The fourth-order valence-corrected chi connectivity index (χ4v) is 2.68. The highest BCUT2D eigenvalue weighted by Crippen LogP contribution is 2.32. The molecule has 15 heavy (non-hydrogen) atoms. The number of hydrogen-bond donors (Lipinski definition) is 0. The highest BCUT2D eigenvalue weighted by Gasteiger charge is 2.15. The lowest BCUT2D eigenvalue weighted by Gasteiger charge is -2.10. The predicted molar refractivity (Wildman–Crippen MR) is 61.2 cm³/mol. The lowest BCUT2D eigenvalue weighted by molar-refractivity contribution is 0.414. The summed E-state index contributed by atoms with van der Waals surface area (Å²) in [5.74, 6) is 0.147. The normalized spacial score (nSPS) is 11.5. The van der Waals surface area contributed by atoms with Crippen molar-refractivity contribution in [3.63, 3.8) is 0 Å². The molecule has 0 aliphatic carbocycles. The van der Waals surface area contributed by atoms with Crippen LogP contribution >= 0.6 is 22.3 Å². The Balaban J connectivity index is 3.27. The molecule has 0 unspecified atom stereocenters. The molecular weight excluding hydrogens is 259 g/mol. The van der Waals surface area contributed by atoms with Gasteiger partial charge in [0.2, 0.25) is 9.05 Å². The van der Waals surface area contributed by atoms with Crippen molar-refractivity contribution in [1.29, 1.82) is 0 Å². The minimum absolute atomic E-state index is 0.293. The lowest BCUT2D eigenvalue weighted by atomic mass is 10.1. The molecule has 0 aliphatic heterocycles. The third kappa shape index (κ3) is 3.26. The smallest absolute Gasteiger partial charge is 0.236 e. The molecule has 0 aromatic heterocycles. The van der Waals surface area contributed by atoms with Crippen LogP contribution in [0.25, 0.3) is 0 Å². The van der Waals surface area contributed by atoms with Crippen LogP contribution in [0.4, 0.5) is 0 Å². The van der Waals surface area contributed by atoms with Gasteiger partial charge in [0, 0.05) is 10.7 Å². The Labute approximate surface area is 98.4 Å². The van der Waals surface area contributed by atoms with Crippen LogP contribution in [0.15, 0.2) is 12.1 Å². The van der Waals surface area contributed by atoms with E-state index in [1.807, 2.05) is 0 Å². The maximum atomic E-state index is 11.0. The van der Waals surface area contributed by atoms with E-state index in [1.54, 1.807) is 19.1 Å². The minimum Gasteiger partial charge on any atom is -0.495 e. The summed E-state index contributed by atoms with van der Waals surface area (Å²) in [5, 5.41) is 0.293. The van der Waals surface area contributed by atoms with Crippen molar-refractivity contribution >= 4 is 31.3 Å². The van der Waals surface area contributed by atoms with Gasteiger partial charge in [0.05, 0.1) is 17.9 Å². The number of benzene rings is 1. The van der Waals surface area contributed by atoms with Gasteiger partial charge in [-0.1, -0.05) is 17.7 Å². The minimum atomic E-state index is -3.61. The van der Waals surface area contributed by atoms with E-state index in [1.165, 1.54) is 7.11 Å². The van der Waals surface area contributed by atoms with Gasteiger partial charge in [-0.3, -0.25) is 0 Å². The van der Waals surface area contributed by atoms with E-state index in [4.69, 9.17) is 27.0 Å². The molecule has 0 radical (unpaired) electrons. The Morgan fingerprint density at radius 2 is 2.00 bits per heavy atom. The highest BCUT2D eigenvalue weighted by molar-refractivity contribution is 8.13. The molecule has 6 heteroatoms. The Kier molecular flexibility index (Phi) is 3.87. The quantitative estimate of drug-likeness (QED) is 0.792. The number of ether oxygens (including phenoxy) is 1. The van der Waals surface area contributed by atoms with Gasteiger partial charge in [-0.05, 0) is 24.1 Å². The lowest BCUT2D eigenvalue weighted by Crippen LogP contribution is -2.00. The molecule has 0 bridgehead atoms. The number of rotatable bonds is 3. The summed E-state index contributed by atoms with van der Waals surface area (Å²) in [6.07, 6.45) is 0. The second kappa shape index (κ2) is 4.60. The standard InChI is InChI=1S/C9H10Cl2O3S/c1-6-3-4-8(14-2)9(10)7(6)5-15(11,12)13/h3-4H,5H2,1-2H3. The van der Waals surface area contributed by atoms with E-state index in [-0.39, 0.29) is 5.75 Å². The molecule has 1 aromatic carbocycles. The van der Waals surface area contributed by atoms with E-state index in [0.717, 1.165) is 5.56 Å². The summed E-state index contributed by atoms with van der Waals surface area (Å²) in [4.78, 5) is 0. The molecular formula is C9H10Cl2O3S. The summed E-state index contributed by atoms with van der Waals surface area (Å²) in [6.45, 7) is 1.77. The van der Waals surface area contributed by atoms with Gasteiger partial charge < -0.3 is 4.74 Å². The Hall–Kier alpha value is -0.450. The van der Waals surface area contributed by atoms with Crippen LogP contribution in [-0.2, 0) is 14.8 Å². The molecule has 0 fully saturated rings. The molecule has 0 atom stereocenters. The third-order valence-corrected chi connectivity index (χ3v) is 3.35. The van der Waals surface area contributed by atoms with E-state index in [9.17, 15) is 8.42 Å². The first-order chi connectivity index (χ1) is 6.85. The van der Waals surface area contributed by atoms with Crippen LogP contribution in [0.5, 0.6) is 5.75 Å². The zero-order chi connectivity index (χ0) is 11.6. The van der Waals surface area contributed by atoms with Gasteiger partial charge in [0.1, 0.15) is 5.75 Å². The summed E-state index contributed by atoms with van der Waals surface area (Å²) >= 11 is 5.97. The van der Waals surface area contributed by atoms with Crippen molar-refractivity contribution in [3.8, 4) is 5.75 Å². The molecule has 0 saturated carbocycles. The van der Waals surface area contributed by atoms with Crippen LogP contribution in [0.3, 0.4) is 0 Å². The SMILES string of the molecule is COc1ccc(C)c(CS(=O)(=O)Cl)c1Cl. The fourth-order valence-electron chi connectivity index (χ4n) is 1.20. The van der Waals surface area contributed by atoms with Crippen molar-refractivity contribution in [2.45, 2.75) is 12.7 Å². The van der Waals surface area contributed by atoms with Crippen molar-refractivity contribution in [2.24, 2.45) is 0 Å². The second-order valence-corrected chi connectivity index (χ2v) is 6.22. The first-order valence-electron chi connectivity index (χ1n) is 4.09. The first-order valence-corrected chi connectivity index (χ1v) is 6.95. The maximum Gasteiger partial charge on any atom is 0.236 e. The number of aryl methyl sites for hydroxylation is 1. The Bertz CT molecular complexity index is 468. The summed E-state index contributed by atoms with van der Waals surface area (Å²) in [7, 11) is 3.03. The van der Waals surface area contributed by atoms with Gasteiger partial charge in [-0.25, -0.2) is 8.42 Å². The number of methoxy groups -OCH3 is 1. The molecule has 0 spiro atoms. The summed E-state index contributed by atoms with van der Waals surface area (Å²) in [5.41, 5.74) is 1.25. The van der Waals surface area contributed by atoms with Crippen molar-refractivity contribution < 1.29 is 13.2 Å². The van der Waals surface area contributed by atoms with Crippen LogP contribution in [0.2, 0.25) is 5.02 Å². The van der Waals surface area contributed by atoms with Crippen molar-refractivity contribution in [1.82, 2.24) is 0 Å². The third-order valence-electron chi connectivity index (χ3n) is 1.98. The Morgan fingerprint density at radius 1 is 1.40 bits per heavy atom. The fraction of sp³-hybridized carbons (Fsp3) is 0.333. The van der Waals surface area contributed by atoms with Gasteiger partial charge in [-0.15, -0.1) is 0 Å². The van der Waals surface area contributed by atoms with E-state index >= 15 is 0 Å². The van der Waals surface area contributed by atoms with Gasteiger partial charge in [0.25, 0.3) is 0 Å². The monoisotopic (exact) mass is 268 g/mol. The zero-order valence-corrected chi connectivity index (χ0v) is 10.6. The molecule has 1 aromatic rings. The number of halogens is 2. The maximum absolute atomic E-state index is 11.0. The highest BCUT2D eigenvalue weighted by atomic mass is 35.7. The van der Waals surface area contributed by atoms with Crippen molar-refractivity contribution in [2.75, 3.05) is 7.11 Å². The molecule has 0 heterocycles. The topological polar surface area (TPSA) is 43.4 Å². The number of hydrogen-bond acceptors (Lipinski definition) is 3. The summed E-state index contributed by atoms with van der Waals surface area (Å²) in [6, 6.07) is 3.42. The van der Waals surface area contributed by atoms with E-state index in [2.05, 4.69) is 0 Å². The van der Waals surface area contributed by atoms with Gasteiger partial charge >= 0.3 is 0 Å². The molecule has 0 aliphatic rings. The molecule has 0 saturated heterocycles. The Morgan fingerprint density at radius 3 is 2.47 bits per heavy atom. The largest absolute Gasteiger partial charge is 0.495 e. The summed E-state index contributed by atoms with van der Waals surface area (Å²) < 4.78 is 26.9. The average molecular weight is 269 g/mol. The van der Waals surface area contributed by atoms with Crippen molar-refractivity contribution in [3.05, 3.63) is 28.3 Å². The molecule has 0 N–H and O–H groups in total. The molecule has 3 nitrogen and oxygen atoms in total. The van der Waals surface area contributed by atoms with E-state index in [0.29, 0.717) is 16.3 Å². The zero-order valence-electron chi connectivity index (χ0n) is 8.25. The molecule has 1 rings (SSSR count). The predicted octanol–water partition coefficient (Wildman–Crippen LogP) is 2.73.